The fourth-order valence-corrected chi connectivity index (χ4v) is 7.88. The van der Waals surface area contributed by atoms with Crippen LogP contribution in [0.1, 0.15) is 66.7 Å². The second kappa shape index (κ2) is 10.7. The van der Waals surface area contributed by atoms with E-state index in [2.05, 4.69) is 81.4 Å². The lowest BCUT2D eigenvalue weighted by Crippen LogP contribution is -2.35. The van der Waals surface area contributed by atoms with Gasteiger partial charge in [0.25, 0.3) is 0 Å². The van der Waals surface area contributed by atoms with Gasteiger partial charge in [-0.15, -0.1) is 0 Å². The zero-order valence-corrected chi connectivity index (χ0v) is 20.1. The minimum atomic E-state index is -1.51. The van der Waals surface area contributed by atoms with Crippen LogP contribution in [0.5, 0.6) is 0 Å². The number of ether oxygens (including phenoxy) is 1. The second-order valence-electron chi connectivity index (χ2n) is 8.45. The van der Waals surface area contributed by atoms with Crippen LogP contribution in [0.2, 0.25) is 0 Å². The summed E-state index contributed by atoms with van der Waals surface area (Å²) < 4.78 is 11.8. The molecule has 0 atom stereocenters. The van der Waals surface area contributed by atoms with E-state index >= 15 is 0 Å². The Bertz CT molecular complexity index is 655. The Morgan fingerprint density at radius 2 is 1.24 bits per heavy atom. The Labute approximate surface area is 180 Å². The highest BCUT2D eigenvalue weighted by Crippen LogP contribution is 2.70. The molecule has 2 fully saturated rings. The molecule has 3 heteroatoms. The van der Waals surface area contributed by atoms with Crippen molar-refractivity contribution >= 4 is 10.3 Å². The summed E-state index contributed by atoms with van der Waals surface area (Å²) in [5, 5.41) is 0. The fourth-order valence-electron chi connectivity index (χ4n) is 4.23. The van der Waals surface area contributed by atoms with Crippen LogP contribution in [-0.2, 0) is 8.92 Å². The molecule has 1 spiro atoms. The molecule has 2 aromatic rings. The van der Waals surface area contributed by atoms with E-state index < -0.39 is 10.3 Å². The van der Waals surface area contributed by atoms with Gasteiger partial charge in [-0.25, -0.2) is 0 Å². The number of hydrogen-bond donors (Lipinski definition) is 0. The highest BCUT2D eigenvalue weighted by atomic mass is 32.3. The molecule has 1 aliphatic carbocycles. The summed E-state index contributed by atoms with van der Waals surface area (Å²) in [6, 6.07) is 21.2. The SMILES string of the molecule is C1COC2(C1)CCC2.CC.COS(c1ccccc1)(c1ccccc1)C(C)(C)C. The van der Waals surface area contributed by atoms with E-state index in [0.717, 1.165) is 6.61 Å². The smallest absolute Gasteiger partial charge is 0.0683 e. The first kappa shape index (κ1) is 24.0. The lowest BCUT2D eigenvalue weighted by atomic mass is 9.78. The van der Waals surface area contributed by atoms with Crippen molar-refractivity contribution in [1.82, 2.24) is 0 Å². The third-order valence-electron chi connectivity index (χ3n) is 5.71. The summed E-state index contributed by atoms with van der Waals surface area (Å²) in [5.41, 5.74) is 0.417. The fraction of sp³-hybridized carbons (Fsp3) is 0.538. The Kier molecular flexibility index (Phi) is 8.81. The van der Waals surface area contributed by atoms with Crippen LogP contribution in [0.25, 0.3) is 0 Å². The van der Waals surface area contributed by atoms with Crippen molar-refractivity contribution < 1.29 is 8.92 Å². The Morgan fingerprint density at radius 1 is 0.793 bits per heavy atom. The van der Waals surface area contributed by atoms with E-state index in [1.165, 1.54) is 41.9 Å². The minimum absolute atomic E-state index is 0.0322. The number of benzene rings is 2. The molecule has 29 heavy (non-hydrogen) atoms. The largest absolute Gasteiger partial charge is 0.375 e. The molecule has 1 aliphatic heterocycles. The highest BCUT2D eigenvalue weighted by molar-refractivity contribution is 8.31. The van der Waals surface area contributed by atoms with E-state index in [0.29, 0.717) is 5.60 Å². The van der Waals surface area contributed by atoms with E-state index in [-0.39, 0.29) is 4.75 Å². The molecule has 0 unspecified atom stereocenters. The Morgan fingerprint density at radius 3 is 1.48 bits per heavy atom. The molecule has 1 saturated heterocycles. The van der Waals surface area contributed by atoms with Crippen molar-refractivity contribution in [2.24, 2.45) is 0 Å². The quantitative estimate of drug-likeness (QED) is 0.504. The number of rotatable bonds is 3. The molecule has 162 valence electrons. The Hall–Kier alpha value is -1.29. The molecule has 0 aromatic heterocycles. The van der Waals surface area contributed by atoms with Gasteiger partial charge in [0.2, 0.25) is 0 Å². The van der Waals surface area contributed by atoms with Gasteiger partial charge in [0.05, 0.1) is 5.60 Å². The second-order valence-corrected chi connectivity index (χ2v) is 12.1. The van der Waals surface area contributed by atoms with E-state index in [1.54, 1.807) is 0 Å². The van der Waals surface area contributed by atoms with Gasteiger partial charge >= 0.3 is 0 Å². The first-order valence-corrected chi connectivity index (χ1v) is 12.6. The summed E-state index contributed by atoms with van der Waals surface area (Å²) in [4.78, 5) is 2.55. The molecule has 0 radical (unpaired) electrons. The molecule has 2 aromatic carbocycles. The zero-order chi connectivity index (χ0) is 21.4. The van der Waals surface area contributed by atoms with Crippen LogP contribution in [0, 0.1) is 0 Å². The van der Waals surface area contributed by atoms with Crippen LogP contribution in [0.3, 0.4) is 0 Å². The van der Waals surface area contributed by atoms with Crippen molar-refractivity contribution in [3.05, 3.63) is 60.7 Å². The third-order valence-corrected chi connectivity index (χ3v) is 9.81. The minimum Gasteiger partial charge on any atom is -0.375 e. The van der Waals surface area contributed by atoms with Crippen molar-refractivity contribution in [3.8, 4) is 0 Å². The zero-order valence-electron chi connectivity index (χ0n) is 19.2. The van der Waals surface area contributed by atoms with Gasteiger partial charge in [0.1, 0.15) is 0 Å². The maximum atomic E-state index is 6.16. The summed E-state index contributed by atoms with van der Waals surface area (Å²) >= 11 is 0. The average Bonchev–Trinajstić information content (AvgIpc) is 3.23. The van der Waals surface area contributed by atoms with Gasteiger partial charge in [-0.05, 0) is 77.1 Å². The monoisotopic (exact) mass is 416 g/mol. The van der Waals surface area contributed by atoms with Gasteiger partial charge in [-0.1, -0.05) is 60.6 Å². The molecular weight excluding hydrogens is 376 g/mol. The summed E-state index contributed by atoms with van der Waals surface area (Å²) in [7, 11) is 0.326. The van der Waals surface area contributed by atoms with E-state index in [4.69, 9.17) is 8.92 Å². The predicted molar refractivity (Wildman–Crippen MR) is 127 cm³/mol. The molecule has 2 aliphatic rings. The standard InChI is InChI=1S/C17H22OS.C7H12O.C2H6/c1-17(2,3)19(18-4,15-11-7-5-8-12-15)16-13-9-6-10-14-16;1-3-7(4-1)5-2-6-8-7;1-2/h5-14H,1-4H3;1-6H2;1-2H3. The van der Waals surface area contributed by atoms with Crippen LogP contribution in [0.15, 0.2) is 70.5 Å². The Balaban J connectivity index is 0.000000247. The van der Waals surface area contributed by atoms with Crippen LogP contribution in [-0.4, -0.2) is 24.1 Å². The first-order chi connectivity index (χ1) is 13.9. The lowest BCUT2D eigenvalue weighted by molar-refractivity contribution is -0.0561. The summed E-state index contributed by atoms with van der Waals surface area (Å²) in [6.45, 7) is 11.8. The molecular formula is C26H40O2S. The van der Waals surface area contributed by atoms with Gasteiger partial charge in [-0.3, -0.25) is 0 Å². The summed E-state index contributed by atoms with van der Waals surface area (Å²) in [5.74, 6) is 0. The van der Waals surface area contributed by atoms with Crippen LogP contribution < -0.4 is 0 Å². The third kappa shape index (κ3) is 5.25. The molecule has 0 N–H and O–H groups in total. The van der Waals surface area contributed by atoms with Gasteiger partial charge < -0.3 is 8.92 Å². The van der Waals surface area contributed by atoms with E-state index in [1.807, 2.05) is 21.0 Å². The molecule has 1 heterocycles. The molecule has 1 saturated carbocycles. The van der Waals surface area contributed by atoms with Crippen LogP contribution >= 0.6 is 10.3 Å². The van der Waals surface area contributed by atoms with E-state index in [9.17, 15) is 0 Å². The maximum absolute atomic E-state index is 6.16. The van der Waals surface area contributed by atoms with Crippen molar-refractivity contribution in [2.75, 3.05) is 13.7 Å². The molecule has 2 nitrogen and oxygen atoms in total. The lowest BCUT2D eigenvalue weighted by Gasteiger charge is -2.49. The number of hydrogen-bond acceptors (Lipinski definition) is 2. The van der Waals surface area contributed by atoms with Gasteiger partial charge in [0, 0.05) is 28.3 Å². The molecule has 0 amide bonds. The normalized spacial score (nSPS) is 18.0. The summed E-state index contributed by atoms with van der Waals surface area (Å²) in [6.07, 6.45) is 6.73. The van der Waals surface area contributed by atoms with Gasteiger partial charge in [-0.2, -0.15) is 0 Å². The highest BCUT2D eigenvalue weighted by Gasteiger charge is 2.41. The average molecular weight is 417 g/mol. The first-order valence-electron chi connectivity index (χ1n) is 11.1. The molecule has 0 bridgehead atoms. The molecule has 4 rings (SSSR count). The topological polar surface area (TPSA) is 18.5 Å². The van der Waals surface area contributed by atoms with Crippen molar-refractivity contribution in [3.63, 3.8) is 0 Å². The van der Waals surface area contributed by atoms with Gasteiger partial charge in [0.15, 0.2) is 0 Å². The van der Waals surface area contributed by atoms with Crippen molar-refractivity contribution in [1.29, 1.82) is 0 Å². The van der Waals surface area contributed by atoms with Crippen molar-refractivity contribution in [2.45, 2.75) is 86.9 Å². The maximum Gasteiger partial charge on any atom is 0.0683 e. The predicted octanol–water partition coefficient (Wildman–Crippen LogP) is 8.01. The van der Waals surface area contributed by atoms with Crippen LogP contribution in [0.4, 0.5) is 0 Å².